The van der Waals surface area contributed by atoms with Gasteiger partial charge >= 0.3 is 244 Å². The Labute approximate surface area is 243 Å². The van der Waals surface area contributed by atoms with E-state index in [1.54, 1.807) is 0 Å². The molecule has 0 aromatic heterocycles. The van der Waals surface area contributed by atoms with Crippen LogP contribution in [0.1, 0.15) is 12.8 Å². The molecule has 0 saturated carbocycles. The van der Waals surface area contributed by atoms with Crippen molar-refractivity contribution >= 4 is 54.5 Å². The van der Waals surface area contributed by atoms with E-state index in [0.717, 1.165) is 0 Å². The van der Waals surface area contributed by atoms with Crippen LogP contribution in [-0.4, -0.2) is 37.8 Å². The third-order valence-corrected chi connectivity index (χ3v) is 13.6. The molecule has 1 saturated heterocycles. The molecule has 3 aromatic carbocycles. The summed E-state index contributed by atoms with van der Waals surface area (Å²) in [5, 5.41) is 0. The average molecular weight is 772 g/mol. The van der Waals surface area contributed by atoms with Gasteiger partial charge < -0.3 is 0 Å². The Morgan fingerprint density at radius 1 is 0.395 bits per heavy atom. The van der Waals surface area contributed by atoms with Gasteiger partial charge in [-0.2, -0.15) is 0 Å². The van der Waals surface area contributed by atoms with Crippen LogP contribution in [-0.2, 0) is 3.02 Å². The van der Waals surface area contributed by atoms with Gasteiger partial charge in [0.2, 0.25) is 0 Å². The van der Waals surface area contributed by atoms with Crippen molar-refractivity contribution in [2.24, 2.45) is 0 Å². The molecule has 0 spiro atoms. The van der Waals surface area contributed by atoms with Crippen molar-refractivity contribution in [2.45, 2.75) is 21.8 Å². The van der Waals surface area contributed by atoms with Gasteiger partial charge in [-0.05, 0) is 0 Å². The summed E-state index contributed by atoms with van der Waals surface area (Å²) in [4.78, 5) is 0. The summed E-state index contributed by atoms with van der Waals surface area (Å²) in [7, 11) is 0. The van der Waals surface area contributed by atoms with Crippen LogP contribution in [0.3, 0.4) is 0 Å². The summed E-state index contributed by atoms with van der Waals surface area (Å²) in [6, 6.07) is 0. The quantitative estimate of drug-likeness (QED) is 0.131. The van der Waals surface area contributed by atoms with Crippen molar-refractivity contribution in [3.8, 4) is 0 Å². The van der Waals surface area contributed by atoms with Crippen molar-refractivity contribution in [3.05, 3.63) is 87.3 Å². The molecule has 19 heteroatoms. The number of hydrogen-bond donors (Lipinski definition) is 0. The van der Waals surface area contributed by atoms with Gasteiger partial charge in [-0.25, -0.2) is 0 Å². The molecule has 1 heterocycles. The zero-order chi connectivity index (χ0) is 32.1. The summed E-state index contributed by atoms with van der Waals surface area (Å²) in [5.41, 5.74) is -8.12. The fourth-order valence-electron chi connectivity index (χ4n) is 4.66. The third-order valence-electron chi connectivity index (χ3n) is 6.55. The van der Waals surface area contributed by atoms with Crippen molar-refractivity contribution in [1.82, 2.24) is 0 Å². The second kappa shape index (κ2) is 12.6. The van der Waals surface area contributed by atoms with E-state index in [1.807, 2.05) is 0 Å². The molecule has 234 valence electrons. The van der Waals surface area contributed by atoms with E-state index in [1.165, 1.54) is 11.8 Å². The van der Waals surface area contributed by atoms with Crippen molar-refractivity contribution in [3.63, 3.8) is 0 Å². The number of rotatable bonds is 5. The molecule has 3 aromatic rings. The number of halogens is 15. The van der Waals surface area contributed by atoms with Crippen LogP contribution < -0.4 is 16.4 Å². The Balaban J connectivity index is 2.37. The van der Waals surface area contributed by atoms with Gasteiger partial charge in [-0.1, -0.05) is 0 Å². The summed E-state index contributed by atoms with van der Waals surface area (Å²) >= 11 is -2.63. The first-order chi connectivity index (χ1) is 20.1. The molecule has 43 heavy (non-hydrogen) atoms. The second-order valence-corrected chi connectivity index (χ2v) is 15.6. The summed E-state index contributed by atoms with van der Waals surface area (Å²) in [6.45, 7) is 0. The molecule has 1 fully saturated rings. The predicted octanol–water partition coefficient (Wildman–Crippen LogP) is 6.28. The summed E-state index contributed by atoms with van der Waals surface area (Å²) < 4.78 is 227. The Morgan fingerprint density at radius 3 is 0.884 bits per heavy atom. The van der Waals surface area contributed by atoms with E-state index in [0.29, 0.717) is 11.5 Å². The molecule has 0 aliphatic carbocycles. The van der Waals surface area contributed by atoms with E-state index in [2.05, 4.69) is 0 Å². The zero-order valence-electron chi connectivity index (χ0n) is 20.7. The van der Waals surface area contributed by atoms with Crippen LogP contribution in [0.2, 0.25) is 8.94 Å². The molecular weight excluding hydrogens is 760 g/mol. The first-order valence-electron chi connectivity index (χ1n) is 11.8. The Bertz CT molecular complexity index is 1360. The Hall–Kier alpha value is -2.23. The van der Waals surface area contributed by atoms with Crippen LogP contribution in [0.25, 0.3) is 0 Å². The van der Waals surface area contributed by atoms with E-state index >= 15 is 26.3 Å². The van der Waals surface area contributed by atoms with Gasteiger partial charge in [0, 0.05) is 0 Å². The number of thioether (sulfide) groups is 1. The van der Waals surface area contributed by atoms with Gasteiger partial charge in [-0.15, -0.1) is 0 Å². The minimum atomic E-state index is -5.90. The van der Waals surface area contributed by atoms with Gasteiger partial charge in [0.05, 0.1) is 0 Å². The Morgan fingerprint density at radius 2 is 0.628 bits per heavy atom. The average Bonchev–Trinajstić information content (AvgIpc) is 2.96. The molecule has 1 nitrogen and oxygen atoms in total. The van der Waals surface area contributed by atoms with E-state index in [9.17, 15) is 39.5 Å². The maximum absolute atomic E-state index is 15.5. The van der Waals surface area contributed by atoms with Gasteiger partial charge in [0.25, 0.3) is 0 Å². The molecule has 0 N–H and O–H groups in total. The molecule has 0 amide bonds. The molecule has 0 radical (unpaired) electrons. The molecule has 0 unspecified atom stereocenters. The molecule has 0 atom stereocenters. The maximum atomic E-state index is 15.5. The second-order valence-electron chi connectivity index (χ2n) is 9.00. The monoisotopic (exact) mass is 774 g/mol. The van der Waals surface area contributed by atoms with Gasteiger partial charge in [0.1, 0.15) is 0 Å². The molecule has 0 bridgehead atoms. The van der Waals surface area contributed by atoms with E-state index < -0.39 is 130 Å². The normalized spacial score (nSPS) is 15.1. The fraction of sp³-hybridized carbons (Fsp3) is 0.250. The standard InChI is InChI=1S/C24H12BF15OSTe/c26-10-7(11(27)17(33)22(38)16(10)32)25(41-43-5-1-3-42-4-2-6-43,8-12(28)18(34)23(39)19(35)13(8)29)9-14(30)20(36)24(40)21(37)15(9)31/h1-6H2. The number of benzene rings is 3. The molecule has 4 rings (SSSR count). The van der Waals surface area contributed by atoms with Gasteiger partial charge in [-0.3, -0.25) is 0 Å². The first kappa shape index (κ1) is 33.7. The summed E-state index contributed by atoms with van der Waals surface area (Å²) in [5.74, 6) is -44.8. The summed E-state index contributed by atoms with van der Waals surface area (Å²) in [6.07, 6.45) is -5.68. The topological polar surface area (TPSA) is 9.23 Å². The fourth-order valence-corrected chi connectivity index (χ4v) is 12.5. The molecular formula is C24H12BF15OSTe. The van der Waals surface area contributed by atoms with Crippen LogP contribution >= 0.6 is 11.8 Å². The zero-order valence-corrected chi connectivity index (χ0v) is 23.9. The van der Waals surface area contributed by atoms with Crippen molar-refractivity contribution in [1.29, 1.82) is 0 Å². The molecule has 1 aliphatic heterocycles. The first-order valence-corrected chi connectivity index (χ1v) is 17.2. The third kappa shape index (κ3) is 5.37. The van der Waals surface area contributed by atoms with E-state index in [-0.39, 0.29) is 21.8 Å². The SMILES string of the molecule is Fc1c(F)c(F)c([B-](O[Te+]2CCCSCCC2)(c2c(F)c(F)c(F)c(F)c2F)c2c(F)c(F)c(F)c(F)c2F)c(F)c1F. The van der Waals surface area contributed by atoms with Crippen molar-refractivity contribution in [2.75, 3.05) is 11.5 Å². The minimum absolute atomic E-state index is 0.110. The van der Waals surface area contributed by atoms with Crippen LogP contribution in [0, 0.1) is 87.3 Å². The van der Waals surface area contributed by atoms with Crippen LogP contribution in [0.5, 0.6) is 0 Å². The van der Waals surface area contributed by atoms with E-state index in [4.69, 9.17) is 3.02 Å². The Kier molecular flexibility index (Phi) is 9.90. The number of hydrogen-bond acceptors (Lipinski definition) is 2. The van der Waals surface area contributed by atoms with Crippen molar-refractivity contribution < 1.29 is 68.9 Å². The predicted molar refractivity (Wildman–Crippen MR) is 126 cm³/mol. The van der Waals surface area contributed by atoms with Gasteiger partial charge in [0.15, 0.2) is 0 Å². The molecule has 1 aliphatic rings. The van der Waals surface area contributed by atoms with Crippen LogP contribution in [0.15, 0.2) is 0 Å². The van der Waals surface area contributed by atoms with Crippen LogP contribution in [0.4, 0.5) is 65.9 Å².